The third-order valence-electron chi connectivity index (χ3n) is 2.44. The maximum atomic E-state index is 13.0. The standard InChI is InChI=1S/C12H12F2N2/c1-7(2)11-6-12(16-15-11)8-3-4-9(13)10(14)5-8/h3-7H,1-2H3,(H,15,16). The second kappa shape index (κ2) is 4.04. The van der Waals surface area contributed by atoms with Crippen molar-refractivity contribution in [3.8, 4) is 11.3 Å². The Morgan fingerprint density at radius 1 is 1.12 bits per heavy atom. The Labute approximate surface area is 92.3 Å². The quantitative estimate of drug-likeness (QED) is 0.828. The molecule has 0 aliphatic carbocycles. The van der Waals surface area contributed by atoms with Crippen LogP contribution in [0.4, 0.5) is 8.78 Å². The molecule has 84 valence electrons. The molecule has 0 spiro atoms. The number of rotatable bonds is 2. The van der Waals surface area contributed by atoms with E-state index in [4.69, 9.17) is 0 Å². The van der Waals surface area contributed by atoms with Gasteiger partial charge in [0.2, 0.25) is 0 Å². The van der Waals surface area contributed by atoms with Gasteiger partial charge in [-0.3, -0.25) is 5.10 Å². The maximum absolute atomic E-state index is 13.0. The highest BCUT2D eigenvalue weighted by Gasteiger charge is 2.09. The number of benzene rings is 1. The van der Waals surface area contributed by atoms with Crippen LogP contribution in [0.15, 0.2) is 24.3 Å². The number of nitrogens with zero attached hydrogens (tertiary/aromatic N) is 1. The molecule has 0 unspecified atom stereocenters. The molecule has 2 nitrogen and oxygen atoms in total. The molecular formula is C12H12F2N2. The Morgan fingerprint density at radius 3 is 2.44 bits per heavy atom. The summed E-state index contributed by atoms with van der Waals surface area (Å²) in [6.07, 6.45) is 0. The van der Waals surface area contributed by atoms with E-state index in [0.717, 1.165) is 17.8 Å². The van der Waals surface area contributed by atoms with E-state index in [1.807, 2.05) is 19.9 Å². The predicted molar refractivity (Wildman–Crippen MR) is 58.0 cm³/mol. The Hall–Kier alpha value is -1.71. The summed E-state index contributed by atoms with van der Waals surface area (Å²) in [5, 5.41) is 6.94. The molecular weight excluding hydrogens is 210 g/mol. The van der Waals surface area contributed by atoms with Gasteiger partial charge < -0.3 is 0 Å². The second-order valence-corrected chi connectivity index (χ2v) is 3.99. The summed E-state index contributed by atoms with van der Waals surface area (Å²) < 4.78 is 25.8. The Bertz CT molecular complexity index is 503. The summed E-state index contributed by atoms with van der Waals surface area (Å²) in [4.78, 5) is 0. The largest absolute Gasteiger partial charge is 0.282 e. The number of H-pyrrole nitrogens is 1. The molecule has 0 radical (unpaired) electrons. The molecule has 1 aromatic heterocycles. The van der Waals surface area contributed by atoms with Crippen molar-refractivity contribution >= 4 is 0 Å². The van der Waals surface area contributed by atoms with Crippen LogP contribution in [-0.2, 0) is 0 Å². The van der Waals surface area contributed by atoms with Crippen molar-refractivity contribution < 1.29 is 8.78 Å². The highest BCUT2D eigenvalue weighted by atomic mass is 19.2. The number of halogens is 2. The van der Waals surface area contributed by atoms with Crippen LogP contribution in [0.5, 0.6) is 0 Å². The van der Waals surface area contributed by atoms with Crippen molar-refractivity contribution in [2.75, 3.05) is 0 Å². The van der Waals surface area contributed by atoms with Crippen LogP contribution in [0, 0.1) is 11.6 Å². The monoisotopic (exact) mass is 222 g/mol. The third kappa shape index (κ3) is 1.96. The first-order chi connectivity index (χ1) is 7.58. The molecule has 0 saturated carbocycles. The van der Waals surface area contributed by atoms with Crippen LogP contribution in [0.3, 0.4) is 0 Å². The maximum Gasteiger partial charge on any atom is 0.159 e. The highest BCUT2D eigenvalue weighted by molar-refractivity contribution is 5.59. The average molecular weight is 222 g/mol. The molecule has 16 heavy (non-hydrogen) atoms. The normalized spacial score (nSPS) is 11.1. The lowest BCUT2D eigenvalue weighted by atomic mass is 10.1. The van der Waals surface area contributed by atoms with Gasteiger partial charge in [-0.1, -0.05) is 13.8 Å². The van der Waals surface area contributed by atoms with Gasteiger partial charge in [-0.2, -0.15) is 5.10 Å². The van der Waals surface area contributed by atoms with Crippen LogP contribution in [0.1, 0.15) is 25.5 Å². The van der Waals surface area contributed by atoms with Gasteiger partial charge in [-0.25, -0.2) is 8.78 Å². The van der Waals surface area contributed by atoms with E-state index >= 15 is 0 Å². The minimum atomic E-state index is -0.855. The molecule has 0 aliphatic heterocycles. The van der Waals surface area contributed by atoms with Crippen LogP contribution in [0.2, 0.25) is 0 Å². The van der Waals surface area contributed by atoms with Gasteiger partial charge in [0.1, 0.15) is 0 Å². The fourth-order valence-corrected chi connectivity index (χ4v) is 1.44. The summed E-state index contributed by atoms with van der Waals surface area (Å²) in [6, 6.07) is 5.61. The molecule has 0 saturated heterocycles. The Kier molecular flexibility index (Phi) is 2.73. The number of nitrogens with one attached hydrogen (secondary N) is 1. The van der Waals surface area contributed by atoms with Gasteiger partial charge >= 0.3 is 0 Å². The van der Waals surface area contributed by atoms with E-state index < -0.39 is 11.6 Å². The smallest absolute Gasteiger partial charge is 0.159 e. The fourth-order valence-electron chi connectivity index (χ4n) is 1.44. The molecule has 2 aromatic rings. The lowest BCUT2D eigenvalue weighted by Gasteiger charge is -1.98. The van der Waals surface area contributed by atoms with Crippen molar-refractivity contribution in [1.29, 1.82) is 0 Å². The zero-order valence-electron chi connectivity index (χ0n) is 9.09. The van der Waals surface area contributed by atoms with E-state index in [0.29, 0.717) is 17.2 Å². The van der Waals surface area contributed by atoms with Gasteiger partial charge in [0.25, 0.3) is 0 Å². The second-order valence-electron chi connectivity index (χ2n) is 3.99. The van der Waals surface area contributed by atoms with Crippen molar-refractivity contribution in [2.45, 2.75) is 19.8 Å². The minimum Gasteiger partial charge on any atom is -0.282 e. The molecule has 0 fully saturated rings. The summed E-state index contributed by atoms with van der Waals surface area (Å²) >= 11 is 0. The van der Waals surface area contributed by atoms with E-state index in [9.17, 15) is 8.78 Å². The first kappa shape index (κ1) is 10.8. The van der Waals surface area contributed by atoms with Crippen molar-refractivity contribution in [3.63, 3.8) is 0 Å². The number of hydrogen-bond donors (Lipinski definition) is 1. The minimum absolute atomic E-state index is 0.326. The lowest BCUT2D eigenvalue weighted by molar-refractivity contribution is 0.509. The predicted octanol–water partition coefficient (Wildman–Crippen LogP) is 3.48. The first-order valence-electron chi connectivity index (χ1n) is 5.08. The van der Waals surface area contributed by atoms with Gasteiger partial charge in [0, 0.05) is 11.3 Å². The summed E-state index contributed by atoms with van der Waals surface area (Å²) in [5.41, 5.74) is 2.17. The van der Waals surface area contributed by atoms with Crippen LogP contribution >= 0.6 is 0 Å². The molecule has 2 rings (SSSR count). The molecule has 0 bridgehead atoms. The highest BCUT2D eigenvalue weighted by Crippen LogP contribution is 2.22. The first-order valence-corrected chi connectivity index (χ1v) is 5.08. The lowest BCUT2D eigenvalue weighted by Crippen LogP contribution is -1.85. The van der Waals surface area contributed by atoms with E-state index in [1.54, 1.807) is 0 Å². The van der Waals surface area contributed by atoms with Crippen LogP contribution < -0.4 is 0 Å². The van der Waals surface area contributed by atoms with Gasteiger partial charge in [-0.05, 0) is 30.2 Å². The molecule has 4 heteroatoms. The van der Waals surface area contributed by atoms with Gasteiger partial charge in [0.15, 0.2) is 11.6 Å². The molecule has 0 amide bonds. The summed E-state index contributed by atoms with van der Waals surface area (Å²) in [6.45, 7) is 4.06. The summed E-state index contributed by atoms with van der Waals surface area (Å²) in [7, 11) is 0. The molecule has 0 aliphatic rings. The number of aromatic amines is 1. The molecule has 1 heterocycles. The fraction of sp³-hybridized carbons (Fsp3) is 0.250. The van der Waals surface area contributed by atoms with Gasteiger partial charge in [-0.15, -0.1) is 0 Å². The molecule has 1 N–H and O–H groups in total. The van der Waals surface area contributed by atoms with E-state index in [2.05, 4.69) is 10.2 Å². The average Bonchev–Trinajstić information content (AvgIpc) is 2.71. The van der Waals surface area contributed by atoms with Crippen LogP contribution in [0.25, 0.3) is 11.3 Å². The SMILES string of the molecule is CC(C)c1cc(-c2ccc(F)c(F)c2)n[nH]1. The van der Waals surface area contributed by atoms with Crippen molar-refractivity contribution in [1.82, 2.24) is 10.2 Å². The van der Waals surface area contributed by atoms with Crippen LogP contribution in [-0.4, -0.2) is 10.2 Å². The Balaban J connectivity index is 2.39. The van der Waals surface area contributed by atoms with Crippen molar-refractivity contribution in [3.05, 3.63) is 41.6 Å². The summed E-state index contributed by atoms with van der Waals surface area (Å²) in [5.74, 6) is -1.37. The molecule has 0 atom stereocenters. The zero-order valence-corrected chi connectivity index (χ0v) is 9.09. The van der Waals surface area contributed by atoms with Crippen molar-refractivity contribution in [2.24, 2.45) is 0 Å². The van der Waals surface area contributed by atoms with Gasteiger partial charge in [0.05, 0.1) is 5.69 Å². The Morgan fingerprint density at radius 2 is 1.88 bits per heavy atom. The number of aromatic nitrogens is 2. The van der Waals surface area contributed by atoms with E-state index in [-0.39, 0.29) is 0 Å². The van der Waals surface area contributed by atoms with E-state index in [1.165, 1.54) is 6.07 Å². The zero-order chi connectivity index (χ0) is 11.7. The number of hydrogen-bond acceptors (Lipinski definition) is 1. The topological polar surface area (TPSA) is 28.7 Å². The molecule has 1 aromatic carbocycles. The third-order valence-corrected chi connectivity index (χ3v) is 2.44.